The van der Waals surface area contributed by atoms with E-state index < -0.39 is 11.9 Å². The highest BCUT2D eigenvalue weighted by molar-refractivity contribution is 5.85. The monoisotopic (exact) mass is 271 g/mol. The maximum atomic E-state index is 11.5. The third kappa shape index (κ3) is 5.25. The lowest BCUT2D eigenvalue weighted by molar-refractivity contribution is -0.145. The Kier molecular flexibility index (Phi) is 6.27. The molecule has 0 aliphatic heterocycles. The molecule has 108 valence electrons. The van der Waals surface area contributed by atoms with Gasteiger partial charge in [0.2, 0.25) is 11.8 Å². The molecule has 7 heteroatoms. The van der Waals surface area contributed by atoms with Gasteiger partial charge in [-0.25, -0.2) is 0 Å². The predicted molar refractivity (Wildman–Crippen MR) is 68.2 cm³/mol. The van der Waals surface area contributed by atoms with Gasteiger partial charge in [0.25, 0.3) is 0 Å². The van der Waals surface area contributed by atoms with Crippen LogP contribution in [0.1, 0.15) is 25.7 Å². The van der Waals surface area contributed by atoms with Gasteiger partial charge in [0.05, 0.1) is 19.0 Å². The molecular weight excluding hydrogens is 250 g/mol. The van der Waals surface area contributed by atoms with Gasteiger partial charge in [-0.1, -0.05) is 12.8 Å². The molecule has 19 heavy (non-hydrogen) atoms. The van der Waals surface area contributed by atoms with Gasteiger partial charge < -0.3 is 21.5 Å². The van der Waals surface area contributed by atoms with Crippen LogP contribution in [0.25, 0.3) is 0 Å². The normalized spacial score (nSPS) is 22.6. The summed E-state index contributed by atoms with van der Waals surface area (Å²) in [4.78, 5) is 33.4. The number of aliphatic carboxylic acids is 1. The van der Waals surface area contributed by atoms with E-state index >= 15 is 0 Å². The molecule has 0 aromatic carbocycles. The summed E-state index contributed by atoms with van der Waals surface area (Å²) < 4.78 is 0. The highest BCUT2D eigenvalue weighted by Crippen LogP contribution is 2.29. The molecule has 1 saturated carbocycles. The molecule has 5 N–H and O–H groups in total. The van der Waals surface area contributed by atoms with Gasteiger partial charge in [0.15, 0.2) is 0 Å². The van der Waals surface area contributed by atoms with Crippen LogP contribution in [0.15, 0.2) is 0 Å². The standard InChI is InChI=1S/C12H21N3O4/c13-5-10(16)15-7-11(17)14-6-8-3-1-2-4-9(8)12(18)19/h8-9H,1-7,13H2,(H,14,17)(H,15,16)(H,18,19). The number of carbonyl (C=O) groups excluding carboxylic acids is 2. The van der Waals surface area contributed by atoms with E-state index in [1.807, 2.05) is 0 Å². The Labute approximate surface area is 111 Å². The molecule has 0 aromatic rings. The lowest BCUT2D eigenvalue weighted by Gasteiger charge is -2.28. The minimum Gasteiger partial charge on any atom is -0.481 e. The summed E-state index contributed by atoms with van der Waals surface area (Å²) >= 11 is 0. The molecule has 1 fully saturated rings. The second kappa shape index (κ2) is 7.73. The van der Waals surface area contributed by atoms with Crippen LogP contribution in [0, 0.1) is 11.8 Å². The molecule has 7 nitrogen and oxygen atoms in total. The highest BCUT2D eigenvalue weighted by atomic mass is 16.4. The van der Waals surface area contributed by atoms with Crippen LogP contribution in [0.2, 0.25) is 0 Å². The van der Waals surface area contributed by atoms with E-state index in [2.05, 4.69) is 10.6 Å². The van der Waals surface area contributed by atoms with E-state index in [-0.39, 0.29) is 30.8 Å². The number of carboxylic acid groups (broad SMARTS) is 1. The fraction of sp³-hybridized carbons (Fsp3) is 0.750. The largest absolute Gasteiger partial charge is 0.481 e. The Morgan fingerprint density at radius 3 is 2.42 bits per heavy atom. The molecule has 1 aliphatic carbocycles. The Hall–Kier alpha value is -1.63. The van der Waals surface area contributed by atoms with Crippen molar-refractivity contribution in [3.8, 4) is 0 Å². The lowest BCUT2D eigenvalue weighted by atomic mass is 9.79. The first-order valence-corrected chi connectivity index (χ1v) is 6.51. The Balaban J connectivity index is 2.31. The van der Waals surface area contributed by atoms with Crippen LogP contribution in [-0.4, -0.2) is 42.5 Å². The van der Waals surface area contributed by atoms with Crippen molar-refractivity contribution in [1.82, 2.24) is 10.6 Å². The van der Waals surface area contributed by atoms with Crippen molar-refractivity contribution >= 4 is 17.8 Å². The van der Waals surface area contributed by atoms with Crippen molar-refractivity contribution in [2.24, 2.45) is 17.6 Å². The summed E-state index contributed by atoms with van der Waals surface area (Å²) in [6, 6.07) is 0. The number of carbonyl (C=O) groups is 3. The molecule has 2 unspecified atom stereocenters. The first kappa shape index (κ1) is 15.4. The summed E-state index contributed by atoms with van der Waals surface area (Å²) in [6.07, 6.45) is 3.40. The van der Waals surface area contributed by atoms with Crippen LogP contribution < -0.4 is 16.4 Å². The SMILES string of the molecule is NCC(=O)NCC(=O)NCC1CCCCC1C(=O)O. The van der Waals surface area contributed by atoms with Crippen molar-refractivity contribution in [3.05, 3.63) is 0 Å². The summed E-state index contributed by atoms with van der Waals surface area (Å²) in [5, 5.41) is 14.1. The van der Waals surface area contributed by atoms with Gasteiger partial charge in [-0.15, -0.1) is 0 Å². The molecule has 1 rings (SSSR count). The molecule has 0 spiro atoms. The number of amides is 2. The van der Waals surface area contributed by atoms with Crippen molar-refractivity contribution in [1.29, 1.82) is 0 Å². The molecule has 0 heterocycles. The van der Waals surface area contributed by atoms with Crippen LogP contribution in [0.5, 0.6) is 0 Å². The zero-order chi connectivity index (χ0) is 14.3. The fourth-order valence-corrected chi connectivity index (χ4v) is 2.34. The predicted octanol–water partition coefficient (Wildman–Crippen LogP) is -0.931. The minimum atomic E-state index is -0.796. The Morgan fingerprint density at radius 1 is 1.11 bits per heavy atom. The minimum absolute atomic E-state index is 0.0274. The molecular formula is C12H21N3O4. The van der Waals surface area contributed by atoms with Gasteiger partial charge in [0, 0.05) is 6.54 Å². The van der Waals surface area contributed by atoms with Gasteiger partial charge >= 0.3 is 5.97 Å². The van der Waals surface area contributed by atoms with Crippen molar-refractivity contribution in [3.63, 3.8) is 0 Å². The zero-order valence-corrected chi connectivity index (χ0v) is 10.9. The molecule has 0 bridgehead atoms. The van der Waals surface area contributed by atoms with Crippen LogP contribution in [0.4, 0.5) is 0 Å². The quantitative estimate of drug-likeness (QED) is 0.497. The van der Waals surface area contributed by atoms with E-state index in [1.54, 1.807) is 0 Å². The summed E-state index contributed by atoms with van der Waals surface area (Å²) in [5.74, 6) is -1.92. The second-order valence-corrected chi connectivity index (χ2v) is 4.77. The van der Waals surface area contributed by atoms with Crippen LogP contribution in [-0.2, 0) is 14.4 Å². The fourth-order valence-electron chi connectivity index (χ4n) is 2.34. The van der Waals surface area contributed by atoms with Gasteiger partial charge in [-0.3, -0.25) is 14.4 Å². The second-order valence-electron chi connectivity index (χ2n) is 4.77. The van der Waals surface area contributed by atoms with E-state index in [9.17, 15) is 14.4 Å². The third-order valence-corrected chi connectivity index (χ3v) is 3.42. The summed E-state index contributed by atoms with van der Waals surface area (Å²) in [5.41, 5.74) is 5.09. The number of nitrogens with two attached hydrogens (primary N) is 1. The lowest BCUT2D eigenvalue weighted by Crippen LogP contribution is -2.42. The van der Waals surface area contributed by atoms with E-state index in [4.69, 9.17) is 10.8 Å². The smallest absolute Gasteiger partial charge is 0.306 e. The number of hydrogen-bond acceptors (Lipinski definition) is 4. The van der Waals surface area contributed by atoms with Crippen LogP contribution in [0.3, 0.4) is 0 Å². The Morgan fingerprint density at radius 2 is 1.79 bits per heavy atom. The molecule has 0 radical (unpaired) electrons. The molecule has 2 amide bonds. The van der Waals surface area contributed by atoms with Crippen molar-refractivity contribution in [2.45, 2.75) is 25.7 Å². The number of hydrogen-bond donors (Lipinski definition) is 4. The maximum absolute atomic E-state index is 11.5. The van der Waals surface area contributed by atoms with Crippen molar-refractivity contribution < 1.29 is 19.5 Å². The topological polar surface area (TPSA) is 122 Å². The third-order valence-electron chi connectivity index (χ3n) is 3.42. The molecule has 2 atom stereocenters. The van der Waals surface area contributed by atoms with Crippen molar-refractivity contribution in [2.75, 3.05) is 19.6 Å². The van der Waals surface area contributed by atoms with E-state index in [1.165, 1.54) is 0 Å². The highest BCUT2D eigenvalue weighted by Gasteiger charge is 2.30. The first-order valence-electron chi connectivity index (χ1n) is 6.51. The van der Waals surface area contributed by atoms with Crippen LogP contribution >= 0.6 is 0 Å². The number of rotatable bonds is 6. The molecule has 1 aliphatic rings. The average molecular weight is 271 g/mol. The zero-order valence-electron chi connectivity index (χ0n) is 10.9. The summed E-state index contributed by atoms with van der Waals surface area (Å²) in [7, 11) is 0. The summed E-state index contributed by atoms with van der Waals surface area (Å²) in [6.45, 7) is 0.0613. The van der Waals surface area contributed by atoms with E-state index in [0.29, 0.717) is 13.0 Å². The van der Waals surface area contributed by atoms with Gasteiger partial charge in [-0.2, -0.15) is 0 Å². The molecule has 0 saturated heterocycles. The maximum Gasteiger partial charge on any atom is 0.306 e. The first-order chi connectivity index (χ1) is 9.04. The molecule has 0 aromatic heterocycles. The average Bonchev–Trinajstić information content (AvgIpc) is 2.42. The van der Waals surface area contributed by atoms with Gasteiger partial charge in [-0.05, 0) is 18.8 Å². The Bertz CT molecular complexity index is 346. The van der Waals surface area contributed by atoms with Gasteiger partial charge in [0.1, 0.15) is 0 Å². The van der Waals surface area contributed by atoms with E-state index in [0.717, 1.165) is 19.3 Å². The number of nitrogens with one attached hydrogen (secondary N) is 2. The number of carboxylic acids is 1.